The van der Waals surface area contributed by atoms with Crippen LogP contribution in [0.2, 0.25) is 0 Å². The molecule has 3 aromatic rings. The van der Waals surface area contributed by atoms with E-state index in [0.717, 1.165) is 22.6 Å². The van der Waals surface area contributed by atoms with Crippen LogP contribution in [-0.2, 0) is 4.74 Å². The van der Waals surface area contributed by atoms with Crippen molar-refractivity contribution in [2.45, 2.75) is 12.8 Å². The van der Waals surface area contributed by atoms with Gasteiger partial charge in [-0.05, 0) is 42.0 Å². The van der Waals surface area contributed by atoms with Crippen molar-refractivity contribution >= 4 is 23.0 Å². The van der Waals surface area contributed by atoms with E-state index in [-0.39, 0.29) is 11.9 Å². The Bertz CT molecular complexity index is 851. The Morgan fingerprint density at radius 3 is 2.04 bits per heavy atom. The Labute approximate surface area is 147 Å². The average molecular weight is 329 g/mol. The van der Waals surface area contributed by atoms with Gasteiger partial charge in [-0.25, -0.2) is 4.79 Å². The van der Waals surface area contributed by atoms with Crippen molar-refractivity contribution in [3.8, 4) is 0 Å². The number of para-hydroxylation sites is 2. The minimum Gasteiger partial charge on any atom is -0.461 e. The van der Waals surface area contributed by atoms with Crippen LogP contribution in [0.1, 0.15) is 28.8 Å². The molecule has 3 heteroatoms. The molecule has 0 amide bonds. The number of hydrogen-bond donors (Lipinski definition) is 0. The molecule has 0 aliphatic carbocycles. The van der Waals surface area contributed by atoms with Gasteiger partial charge in [-0.1, -0.05) is 49.4 Å². The zero-order chi connectivity index (χ0) is 17.2. The predicted molar refractivity (Wildman–Crippen MR) is 99.8 cm³/mol. The summed E-state index contributed by atoms with van der Waals surface area (Å²) in [5.41, 5.74) is 4.76. The minimum atomic E-state index is -0.240. The van der Waals surface area contributed by atoms with Gasteiger partial charge in [-0.2, -0.15) is 0 Å². The first-order valence-electron chi connectivity index (χ1n) is 8.45. The molecule has 0 N–H and O–H groups in total. The van der Waals surface area contributed by atoms with Crippen LogP contribution in [0.25, 0.3) is 0 Å². The molecule has 4 rings (SSSR count). The van der Waals surface area contributed by atoms with Crippen molar-refractivity contribution in [3.05, 3.63) is 90.0 Å². The Morgan fingerprint density at radius 2 is 1.44 bits per heavy atom. The van der Waals surface area contributed by atoms with Gasteiger partial charge < -0.3 is 9.64 Å². The number of rotatable bonds is 3. The molecule has 1 atom stereocenters. The highest BCUT2D eigenvalue weighted by molar-refractivity contribution is 5.94. The number of benzene rings is 3. The summed E-state index contributed by atoms with van der Waals surface area (Å²) in [7, 11) is 0. The van der Waals surface area contributed by atoms with Gasteiger partial charge >= 0.3 is 5.97 Å². The van der Waals surface area contributed by atoms with Crippen molar-refractivity contribution in [1.82, 2.24) is 0 Å². The van der Waals surface area contributed by atoms with Crippen molar-refractivity contribution in [2.75, 3.05) is 11.5 Å². The summed E-state index contributed by atoms with van der Waals surface area (Å²) in [5.74, 6) is -0.0142. The first-order valence-corrected chi connectivity index (χ1v) is 8.45. The van der Waals surface area contributed by atoms with Crippen molar-refractivity contribution in [3.63, 3.8) is 0 Å². The topological polar surface area (TPSA) is 29.5 Å². The third-order valence-corrected chi connectivity index (χ3v) is 4.54. The fourth-order valence-electron chi connectivity index (χ4n) is 3.26. The highest BCUT2D eigenvalue weighted by atomic mass is 16.5. The van der Waals surface area contributed by atoms with Crippen LogP contribution in [0.5, 0.6) is 0 Å². The summed E-state index contributed by atoms with van der Waals surface area (Å²) < 4.78 is 5.31. The molecule has 1 aliphatic heterocycles. The van der Waals surface area contributed by atoms with Crippen LogP contribution >= 0.6 is 0 Å². The summed E-state index contributed by atoms with van der Waals surface area (Å²) in [6, 6.07) is 26.4. The van der Waals surface area contributed by atoms with Gasteiger partial charge in [-0.3, -0.25) is 0 Å². The molecular weight excluding hydrogens is 310 g/mol. The molecule has 25 heavy (non-hydrogen) atoms. The monoisotopic (exact) mass is 329 g/mol. The van der Waals surface area contributed by atoms with Gasteiger partial charge in [0.15, 0.2) is 0 Å². The summed E-state index contributed by atoms with van der Waals surface area (Å²) >= 11 is 0. The highest BCUT2D eigenvalue weighted by Crippen LogP contribution is 2.37. The summed E-state index contributed by atoms with van der Waals surface area (Å²) in [5, 5.41) is 0. The highest BCUT2D eigenvalue weighted by Gasteiger charge is 2.25. The number of cyclic esters (lactones) is 1. The second-order valence-electron chi connectivity index (χ2n) is 6.28. The maximum absolute atomic E-state index is 12.2. The third kappa shape index (κ3) is 2.89. The lowest BCUT2D eigenvalue weighted by molar-refractivity contribution is 0.0449. The van der Waals surface area contributed by atoms with E-state index in [9.17, 15) is 4.79 Å². The molecule has 3 aromatic carbocycles. The molecular formula is C22H19NO2. The first-order chi connectivity index (χ1) is 12.2. The lowest BCUT2D eigenvalue weighted by Crippen LogP contribution is -2.21. The number of esters is 1. The van der Waals surface area contributed by atoms with Gasteiger partial charge in [-0.15, -0.1) is 0 Å². The van der Waals surface area contributed by atoms with E-state index in [1.54, 1.807) is 0 Å². The van der Waals surface area contributed by atoms with E-state index >= 15 is 0 Å². The largest absolute Gasteiger partial charge is 0.461 e. The molecule has 1 unspecified atom stereocenters. The average Bonchev–Trinajstić information content (AvgIpc) is 2.67. The van der Waals surface area contributed by atoms with Crippen LogP contribution in [-0.4, -0.2) is 12.6 Å². The Morgan fingerprint density at radius 1 is 0.840 bits per heavy atom. The lowest BCUT2D eigenvalue weighted by atomic mass is 9.93. The number of carbonyl (C=O) groups is 1. The molecule has 0 saturated carbocycles. The van der Waals surface area contributed by atoms with Crippen LogP contribution < -0.4 is 4.90 Å². The van der Waals surface area contributed by atoms with E-state index < -0.39 is 0 Å². The quantitative estimate of drug-likeness (QED) is 0.600. The number of fused-ring (bicyclic) bond motifs is 1. The number of ether oxygens (including phenoxy) is 1. The molecule has 124 valence electrons. The van der Waals surface area contributed by atoms with E-state index in [1.165, 1.54) is 0 Å². The molecule has 0 bridgehead atoms. The zero-order valence-electron chi connectivity index (χ0n) is 14.1. The minimum absolute atomic E-state index is 0.226. The predicted octanol–water partition coefficient (Wildman–Crippen LogP) is 5.43. The molecule has 1 heterocycles. The molecule has 0 fully saturated rings. The maximum Gasteiger partial charge on any atom is 0.338 e. The normalized spacial score (nSPS) is 16.0. The number of hydrogen-bond acceptors (Lipinski definition) is 3. The van der Waals surface area contributed by atoms with Crippen LogP contribution in [0.3, 0.4) is 0 Å². The SMILES string of the molecule is CC1COC(=O)c2cc(N(c3ccccc3)c3ccccc3)ccc21. The van der Waals surface area contributed by atoms with E-state index in [2.05, 4.69) is 48.2 Å². The maximum atomic E-state index is 12.2. The Balaban J connectivity index is 1.86. The summed E-state index contributed by atoms with van der Waals surface area (Å²) in [6.45, 7) is 2.53. The van der Waals surface area contributed by atoms with Gasteiger partial charge in [0, 0.05) is 23.0 Å². The van der Waals surface area contributed by atoms with Crippen LogP contribution in [0.15, 0.2) is 78.9 Å². The van der Waals surface area contributed by atoms with E-state index in [0.29, 0.717) is 12.2 Å². The third-order valence-electron chi connectivity index (χ3n) is 4.54. The van der Waals surface area contributed by atoms with Gasteiger partial charge in [0.1, 0.15) is 0 Å². The molecule has 0 saturated heterocycles. The molecule has 3 nitrogen and oxygen atoms in total. The van der Waals surface area contributed by atoms with Crippen molar-refractivity contribution < 1.29 is 9.53 Å². The summed E-state index contributed by atoms with van der Waals surface area (Å²) in [6.07, 6.45) is 0. The van der Waals surface area contributed by atoms with Crippen molar-refractivity contribution in [1.29, 1.82) is 0 Å². The number of carbonyl (C=O) groups excluding carboxylic acids is 1. The number of nitrogens with zero attached hydrogens (tertiary/aromatic N) is 1. The second-order valence-corrected chi connectivity index (χ2v) is 6.28. The standard InChI is InChI=1S/C22H19NO2/c1-16-15-25-22(24)21-14-19(12-13-20(16)21)23(17-8-4-2-5-9-17)18-10-6-3-7-11-18/h2-14,16H,15H2,1H3. The van der Waals surface area contributed by atoms with E-state index in [4.69, 9.17) is 4.74 Å². The molecule has 0 spiro atoms. The van der Waals surface area contributed by atoms with Crippen LogP contribution in [0.4, 0.5) is 17.1 Å². The lowest BCUT2D eigenvalue weighted by Gasteiger charge is -2.28. The fraction of sp³-hybridized carbons (Fsp3) is 0.136. The smallest absolute Gasteiger partial charge is 0.338 e. The van der Waals surface area contributed by atoms with Crippen LogP contribution in [0, 0.1) is 0 Å². The van der Waals surface area contributed by atoms with Gasteiger partial charge in [0.05, 0.1) is 12.2 Å². The van der Waals surface area contributed by atoms with Crippen molar-refractivity contribution in [2.24, 2.45) is 0 Å². The van der Waals surface area contributed by atoms with Gasteiger partial charge in [0.2, 0.25) is 0 Å². The molecule has 0 radical (unpaired) electrons. The molecule has 0 aromatic heterocycles. The number of anilines is 3. The van der Waals surface area contributed by atoms with Gasteiger partial charge in [0.25, 0.3) is 0 Å². The fourth-order valence-corrected chi connectivity index (χ4v) is 3.26. The zero-order valence-corrected chi connectivity index (χ0v) is 14.1. The second kappa shape index (κ2) is 6.44. The Kier molecular flexibility index (Phi) is 3.98. The Hall–Kier alpha value is -3.07. The van der Waals surface area contributed by atoms with E-state index in [1.807, 2.05) is 42.5 Å². The summed E-state index contributed by atoms with van der Waals surface area (Å²) in [4.78, 5) is 14.4. The first kappa shape index (κ1) is 15.5. The molecule has 1 aliphatic rings.